The predicted octanol–water partition coefficient (Wildman–Crippen LogP) is 7.56. The third-order valence-electron chi connectivity index (χ3n) is 6.17. The lowest BCUT2D eigenvalue weighted by Crippen LogP contribution is -2.27. The number of imide groups is 1. The first kappa shape index (κ1) is 28.5. The Labute approximate surface area is 240 Å². The molecule has 0 spiro atoms. The van der Waals surface area contributed by atoms with Gasteiger partial charge in [0, 0.05) is 58.1 Å². The molecule has 3 aromatic rings. The molecular formula is C28H25Cl2N3O5S. The van der Waals surface area contributed by atoms with Gasteiger partial charge in [-0.2, -0.15) is 0 Å². The zero-order valence-electron chi connectivity index (χ0n) is 21.2. The summed E-state index contributed by atoms with van der Waals surface area (Å²) in [4.78, 5) is 39.8. The lowest BCUT2D eigenvalue weighted by atomic mass is 10.1. The fourth-order valence-electron chi connectivity index (χ4n) is 4.03. The largest absolute Gasteiger partial charge is 0.488 e. The monoisotopic (exact) mass is 585 g/mol. The van der Waals surface area contributed by atoms with Gasteiger partial charge in [-0.25, -0.2) is 0 Å². The molecule has 0 atom stereocenters. The van der Waals surface area contributed by atoms with Crippen molar-refractivity contribution < 1.29 is 19.2 Å². The molecule has 1 heterocycles. The number of rotatable bonds is 10. The van der Waals surface area contributed by atoms with Crippen molar-refractivity contribution in [3.05, 3.63) is 102 Å². The molecule has 0 N–H and O–H groups in total. The van der Waals surface area contributed by atoms with Crippen LogP contribution in [-0.4, -0.2) is 34.1 Å². The molecular weight excluding hydrogens is 561 g/mol. The molecule has 0 radical (unpaired) electrons. The highest BCUT2D eigenvalue weighted by Crippen LogP contribution is 2.36. The summed E-state index contributed by atoms with van der Waals surface area (Å²) >= 11 is 13.2. The van der Waals surface area contributed by atoms with Crippen LogP contribution in [0, 0.1) is 10.1 Å². The third kappa shape index (κ3) is 6.73. The Balaban J connectivity index is 1.60. The van der Waals surface area contributed by atoms with Crippen LogP contribution in [-0.2, 0) is 17.9 Å². The van der Waals surface area contributed by atoms with Gasteiger partial charge in [-0.3, -0.25) is 24.6 Å². The minimum absolute atomic E-state index is 0.0132. The molecule has 0 aromatic heterocycles. The van der Waals surface area contributed by atoms with Gasteiger partial charge in [0.25, 0.3) is 16.8 Å². The van der Waals surface area contributed by atoms with Gasteiger partial charge in [0.05, 0.1) is 16.4 Å². The first-order valence-corrected chi connectivity index (χ1v) is 13.7. The van der Waals surface area contributed by atoms with Crippen molar-refractivity contribution >= 4 is 63.6 Å². The summed E-state index contributed by atoms with van der Waals surface area (Å²) in [6.07, 6.45) is 1.64. The molecule has 4 rings (SSSR count). The summed E-state index contributed by atoms with van der Waals surface area (Å²) in [6.45, 7) is 5.93. The summed E-state index contributed by atoms with van der Waals surface area (Å²) in [7, 11) is 0. The van der Waals surface area contributed by atoms with E-state index >= 15 is 0 Å². The van der Waals surface area contributed by atoms with Crippen LogP contribution in [0.15, 0.2) is 65.6 Å². The summed E-state index contributed by atoms with van der Waals surface area (Å²) in [5, 5.41) is 11.5. The average molecular weight is 586 g/mol. The van der Waals surface area contributed by atoms with Crippen LogP contribution in [0.5, 0.6) is 5.75 Å². The number of benzene rings is 3. The highest BCUT2D eigenvalue weighted by Gasteiger charge is 2.35. The van der Waals surface area contributed by atoms with E-state index in [2.05, 4.69) is 18.7 Å². The van der Waals surface area contributed by atoms with Gasteiger partial charge >= 0.3 is 0 Å². The lowest BCUT2D eigenvalue weighted by Gasteiger charge is -2.22. The van der Waals surface area contributed by atoms with Gasteiger partial charge in [0.1, 0.15) is 12.4 Å². The Morgan fingerprint density at radius 3 is 2.38 bits per heavy atom. The van der Waals surface area contributed by atoms with Crippen molar-refractivity contribution in [3.8, 4) is 5.75 Å². The van der Waals surface area contributed by atoms with Gasteiger partial charge in [-0.15, -0.1) is 0 Å². The summed E-state index contributed by atoms with van der Waals surface area (Å²) in [6, 6.07) is 16.6. The van der Waals surface area contributed by atoms with Crippen LogP contribution in [0.2, 0.25) is 10.0 Å². The predicted molar refractivity (Wildman–Crippen MR) is 155 cm³/mol. The molecule has 202 valence electrons. The highest BCUT2D eigenvalue weighted by atomic mass is 35.5. The molecule has 39 heavy (non-hydrogen) atoms. The molecule has 1 saturated heterocycles. The zero-order chi connectivity index (χ0) is 28.1. The van der Waals surface area contributed by atoms with Crippen molar-refractivity contribution in [2.24, 2.45) is 0 Å². The average Bonchev–Trinajstić information content (AvgIpc) is 3.17. The van der Waals surface area contributed by atoms with Crippen molar-refractivity contribution in [2.75, 3.05) is 18.0 Å². The molecule has 11 heteroatoms. The number of hydrogen-bond acceptors (Lipinski definition) is 7. The quantitative estimate of drug-likeness (QED) is 0.137. The van der Waals surface area contributed by atoms with E-state index in [1.165, 1.54) is 24.3 Å². The Kier molecular flexibility index (Phi) is 9.16. The standard InChI is InChI=1S/C28H25Cl2N3O5S/c1-3-31(4-2)23-12-8-19(25(15-23)38-17-20-7-9-21(29)14-24(20)30)13-26-27(34)32(28(35)39-26)16-18-5-10-22(11-6-18)33(36)37/h5-15H,3-4,16-17H2,1-2H3/b26-13+. The van der Waals surface area contributed by atoms with Gasteiger partial charge in [0.2, 0.25) is 0 Å². The second-order valence-electron chi connectivity index (χ2n) is 8.61. The molecule has 1 fully saturated rings. The van der Waals surface area contributed by atoms with Crippen LogP contribution in [0.4, 0.5) is 16.2 Å². The Bertz CT molecular complexity index is 1440. The van der Waals surface area contributed by atoms with E-state index in [9.17, 15) is 19.7 Å². The number of non-ortho nitro benzene ring substituents is 1. The SMILES string of the molecule is CCN(CC)c1ccc(/C=C2/SC(=O)N(Cc3ccc([N+](=O)[O-])cc3)C2=O)c(OCc2ccc(Cl)cc2Cl)c1. The molecule has 1 aliphatic heterocycles. The number of ether oxygens (including phenoxy) is 1. The maximum atomic E-state index is 13.2. The molecule has 0 saturated carbocycles. The fourth-order valence-corrected chi connectivity index (χ4v) is 5.32. The van der Waals surface area contributed by atoms with Crippen LogP contribution >= 0.6 is 35.0 Å². The van der Waals surface area contributed by atoms with Crippen LogP contribution in [0.1, 0.15) is 30.5 Å². The van der Waals surface area contributed by atoms with E-state index in [-0.39, 0.29) is 23.7 Å². The maximum absolute atomic E-state index is 13.2. The highest BCUT2D eigenvalue weighted by molar-refractivity contribution is 8.18. The van der Waals surface area contributed by atoms with E-state index in [0.29, 0.717) is 26.9 Å². The number of anilines is 1. The van der Waals surface area contributed by atoms with Crippen molar-refractivity contribution in [3.63, 3.8) is 0 Å². The first-order valence-electron chi connectivity index (χ1n) is 12.1. The first-order chi connectivity index (χ1) is 18.7. The molecule has 0 aliphatic carbocycles. The minimum Gasteiger partial charge on any atom is -0.488 e. The van der Waals surface area contributed by atoms with E-state index in [1.54, 1.807) is 24.3 Å². The van der Waals surface area contributed by atoms with Gasteiger partial charge in [0.15, 0.2) is 0 Å². The van der Waals surface area contributed by atoms with E-state index < -0.39 is 16.1 Å². The molecule has 0 bridgehead atoms. The molecule has 3 aromatic carbocycles. The minimum atomic E-state index is -0.501. The van der Waals surface area contributed by atoms with E-state index in [4.69, 9.17) is 27.9 Å². The number of hydrogen-bond donors (Lipinski definition) is 0. The van der Waals surface area contributed by atoms with Gasteiger partial charge in [-0.1, -0.05) is 41.4 Å². The number of thioether (sulfide) groups is 1. The molecule has 8 nitrogen and oxygen atoms in total. The van der Waals surface area contributed by atoms with Crippen LogP contribution < -0.4 is 9.64 Å². The summed E-state index contributed by atoms with van der Waals surface area (Å²) < 4.78 is 6.18. The van der Waals surface area contributed by atoms with Crippen LogP contribution in [0.3, 0.4) is 0 Å². The second-order valence-corrected chi connectivity index (χ2v) is 10.4. The van der Waals surface area contributed by atoms with Gasteiger partial charge in [-0.05, 0) is 61.5 Å². The second kappa shape index (κ2) is 12.5. The topological polar surface area (TPSA) is 93.0 Å². The molecule has 2 amide bonds. The van der Waals surface area contributed by atoms with E-state index in [1.807, 2.05) is 18.2 Å². The molecule has 0 unspecified atom stereocenters. The Hall–Kier alpha value is -3.53. The lowest BCUT2D eigenvalue weighted by molar-refractivity contribution is -0.384. The van der Waals surface area contributed by atoms with Crippen molar-refractivity contribution in [2.45, 2.75) is 27.0 Å². The number of nitro groups is 1. The smallest absolute Gasteiger partial charge is 0.293 e. The Morgan fingerprint density at radius 1 is 1.03 bits per heavy atom. The number of carbonyl (C=O) groups excluding carboxylic acids is 2. The fraction of sp³-hybridized carbons (Fsp3) is 0.214. The zero-order valence-corrected chi connectivity index (χ0v) is 23.6. The van der Waals surface area contributed by atoms with Crippen molar-refractivity contribution in [1.29, 1.82) is 0 Å². The Morgan fingerprint density at radius 2 is 1.74 bits per heavy atom. The normalized spacial score (nSPS) is 14.3. The summed E-state index contributed by atoms with van der Waals surface area (Å²) in [5.41, 5.74) is 2.89. The number of amides is 2. The number of halogens is 2. The van der Waals surface area contributed by atoms with E-state index in [0.717, 1.165) is 41.0 Å². The van der Waals surface area contributed by atoms with Gasteiger partial charge < -0.3 is 9.64 Å². The number of nitro benzene ring substituents is 1. The van der Waals surface area contributed by atoms with Crippen molar-refractivity contribution in [1.82, 2.24) is 4.90 Å². The summed E-state index contributed by atoms with van der Waals surface area (Å²) in [5.74, 6) is 0.0930. The number of carbonyl (C=O) groups is 2. The van der Waals surface area contributed by atoms with Crippen LogP contribution in [0.25, 0.3) is 6.08 Å². The molecule has 1 aliphatic rings. The third-order valence-corrected chi connectivity index (χ3v) is 7.67. The maximum Gasteiger partial charge on any atom is 0.293 e. The number of nitrogens with zero attached hydrogens (tertiary/aromatic N) is 3.